The SMILES string of the molecule is CC(O)c1cccc(C(F)(F)CO)c1Cl. The van der Waals surface area contributed by atoms with Gasteiger partial charge in [-0.25, -0.2) is 0 Å². The van der Waals surface area contributed by atoms with Gasteiger partial charge in [-0.05, 0) is 12.5 Å². The molecule has 0 spiro atoms. The zero-order valence-corrected chi connectivity index (χ0v) is 8.80. The van der Waals surface area contributed by atoms with Crippen LogP contribution in [0.2, 0.25) is 5.02 Å². The average Bonchev–Trinajstić information content (AvgIpc) is 2.17. The van der Waals surface area contributed by atoms with Crippen LogP contribution in [0.1, 0.15) is 24.2 Å². The molecule has 0 heterocycles. The van der Waals surface area contributed by atoms with E-state index in [1.807, 2.05) is 0 Å². The van der Waals surface area contributed by atoms with Gasteiger partial charge in [0, 0.05) is 5.56 Å². The van der Waals surface area contributed by atoms with Crippen LogP contribution in [0.3, 0.4) is 0 Å². The van der Waals surface area contributed by atoms with Crippen LogP contribution < -0.4 is 0 Å². The maximum absolute atomic E-state index is 13.2. The fraction of sp³-hybridized carbons (Fsp3) is 0.400. The molecule has 1 aromatic rings. The Hall–Kier alpha value is -0.710. The quantitative estimate of drug-likeness (QED) is 0.847. The normalized spacial score (nSPS) is 14.0. The Kier molecular flexibility index (Phi) is 3.65. The van der Waals surface area contributed by atoms with E-state index in [2.05, 4.69) is 0 Å². The maximum atomic E-state index is 13.2. The fourth-order valence-corrected chi connectivity index (χ4v) is 1.66. The standard InChI is InChI=1S/C10H11ClF2O2/c1-6(15)7-3-2-4-8(9(7)11)10(12,13)5-14/h2-4,6,14-15H,5H2,1H3. The number of rotatable bonds is 3. The molecule has 1 aromatic carbocycles. The van der Waals surface area contributed by atoms with Gasteiger partial charge in [-0.3, -0.25) is 0 Å². The molecule has 5 heteroatoms. The first-order valence-electron chi connectivity index (χ1n) is 4.35. The molecule has 2 nitrogen and oxygen atoms in total. The molecule has 0 aliphatic rings. The summed E-state index contributed by atoms with van der Waals surface area (Å²) in [6.45, 7) is 0.123. The number of hydrogen-bond acceptors (Lipinski definition) is 2. The van der Waals surface area contributed by atoms with E-state index in [0.29, 0.717) is 0 Å². The van der Waals surface area contributed by atoms with E-state index in [4.69, 9.17) is 16.7 Å². The van der Waals surface area contributed by atoms with Crippen LogP contribution in [0.15, 0.2) is 18.2 Å². The average molecular weight is 237 g/mol. The second kappa shape index (κ2) is 4.43. The predicted octanol–water partition coefficient (Wildman–Crippen LogP) is 2.48. The number of alkyl halides is 2. The van der Waals surface area contributed by atoms with Gasteiger partial charge in [0.25, 0.3) is 5.92 Å². The predicted molar refractivity (Wildman–Crippen MR) is 53.1 cm³/mol. The van der Waals surface area contributed by atoms with Crippen LogP contribution in [0.4, 0.5) is 8.78 Å². The zero-order valence-electron chi connectivity index (χ0n) is 8.04. The molecular weight excluding hydrogens is 226 g/mol. The highest BCUT2D eigenvalue weighted by Gasteiger charge is 2.33. The van der Waals surface area contributed by atoms with Crippen LogP contribution in [-0.4, -0.2) is 16.8 Å². The highest BCUT2D eigenvalue weighted by atomic mass is 35.5. The van der Waals surface area contributed by atoms with E-state index in [1.54, 1.807) is 0 Å². The number of aliphatic hydroxyl groups is 2. The third-order valence-electron chi connectivity index (χ3n) is 2.07. The molecule has 0 saturated heterocycles. The molecule has 15 heavy (non-hydrogen) atoms. The topological polar surface area (TPSA) is 40.5 Å². The van der Waals surface area contributed by atoms with Gasteiger partial charge in [-0.15, -0.1) is 0 Å². The van der Waals surface area contributed by atoms with Crippen molar-refractivity contribution in [1.82, 2.24) is 0 Å². The Balaban J connectivity index is 3.27. The van der Waals surface area contributed by atoms with Crippen molar-refractivity contribution in [3.63, 3.8) is 0 Å². The smallest absolute Gasteiger partial charge is 0.297 e. The number of halogens is 3. The lowest BCUT2D eigenvalue weighted by Gasteiger charge is -2.18. The third-order valence-corrected chi connectivity index (χ3v) is 2.49. The second-order valence-electron chi connectivity index (χ2n) is 3.25. The summed E-state index contributed by atoms with van der Waals surface area (Å²) in [6.07, 6.45) is -0.924. The van der Waals surface area contributed by atoms with Gasteiger partial charge >= 0.3 is 0 Å². The molecule has 2 N–H and O–H groups in total. The molecule has 1 rings (SSSR count). The minimum Gasteiger partial charge on any atom is -0.390 e. The maximum Gasteiger partial charge on any atom is 0.297 e. The summed E-state index contributed by atoms with van der Waals surface area (Å²) >= 11 is 5.72. The highest BCUT2D eigenvalue weighted by molar-refractivity contribution is 6.32. The van der Waals surface area contributed by atoms with Crippen molar-refractivity contribution in [2.45, 2.75) is 19.0 Å². The lowest BCUT2D eigenvalue weighted by molar-refractivity contribution is -0.0556. The molecule has 0 fully saturated rings. The summed E-state index contributed by atoms with van der Waals surface area (Å²) in [6, 6.07) is 3.96. The van der Waals surface area contributed by atoms with Crippen molar-refractivity contribution in [3.05, 3.63) is 34.3 Å². The van der Waals surface area contributed by atoms with Gasteiger partial charge in [0.15, 0.2) is 0 Å². The van der Waals surface area contributed by atoms with Crippen LogP contribution in [0.5, 0.6) is 0 Å². The lowest BCUT2D eigenvalue weighted by Crippen LogP contribution is -2.19. The first-order chi connectivity index (χ1) is 6.90. The van der Waals surface area contributed by atoms with E-state index in [1.165, 1.54) is 19.1 Å². The largest absolute Gasteiger partial charge is 0.390 e. The Bertz CT molecular complexity index is 353. The summed E-state index contributed by atoms with van der Waals surface area (Å²) in [5, 5.41) is 17.6. The molecule has 1 atom stereocenters. The fourth-order valence-electron chi connectivity index (χ4n) is 1.24. The van der Waals surface area contributed by atoms with E-state index < -0.39 is 24.2 Å². The molecule has 84 valence electrons. The molecular formula is C10H11ClF2O2. The summed E-state index contributed by atoms with van der Waals surface area (Å²) < 4.78 is 26.3. The van der Waals surface area contributed by atoms with Gasteiger partial charge in [-0.2, -0.15) is 8.78 Å². The third kappa shape index (κ3) is 2.45. The van der Waals surface area contributed by atoms with Crippen molar-refractivity contribution >= 4 is 11.6 Å². The van der Waals surface area contributed by atoms with Crippen molar-refractivity contribution < 1.29 is 19.0 Å². The molecule has 0 aromatic heterocycles. The molecule has 0 amide bonds. The lowest BCUT2D eigenvalue weighted by atomic mass is 10.0. The van der Waals surface area contributed by atoms with Crippen molar-refractivity contribution in [3.8, 4) is 0 Å². The molecule has 0 radical (unpaired) electrons. The molecule has 0 saturated carbocycles. The number of aliphatic hydroxyl groups excluding tert-OH is 2. The van der Waals surface area contributed by atoms with Crippen molar-refractivity contribution in [2.75, 3.05) is 6.61 Å². The monoisotopic (exact) mass is 236 g/mol. The van der Waals surface area contributed by atoms with Crippen LogP contribution >= 0.6 is 11.6 Å². The summed E-state index contributed by atoms with van der Waals surface area (Å²) in [4.78, 5) is 0. The molecule has 0 bridgehead atoms. The molecule has 0 aliphatic carbocycles. The van der Waals surface area contributed by atoms with Crippen LogP contribution in [0, 0.1) is 0 Å². The molecule has 0 aliphatic heterocycles. The summed E-state index contributed by atoms with van der Waals surface area (Å²) in [7, 11) is 0. The zero-order chi connectivity index (χ0) is 11.6. The van der Waals surface area contributed by atoms with Crippen molar-refractivity contribution in [1.29, 1.82) is 0 Å². The summed E-state index contributed by atoms with van der Waals surface area (Å²) in [5.41, 5.74) is -0.243. The van der Waals surface area contributed by atoms with E-state index in [0.717, 1.165) is 6.07 Å². The van der Waals surface area contributed by atoms with Gasteiger partial charge < -0.3 is 10.2 Å². The first-order valence-corrected chi connectivity index (χ1v) is 4.73. The minimum atomic E-state index is -3.39. The van der Waals surface area contributed by atoms with E-state index in [9.17, 15) is 13.9 Å². The van der Waals surface area contributed by atoms with Crippen LogP contribution in [0.25, 0.3) is 0 Å². The first kappa shape index (κ1) is 12.4. The Morgan fingerprint density at radius 1 is 1.47 bits per heavy atom. The Labute approximate surface area is 91.1 Å². The highest BCUT2D eigenvalue weighted by Crippen LogP contribution is 2.36. The summed E-state index contributed by atoms with van der Waals surface area (Å²) in [5.74, 6) is -3.39. The van der Waals surface area contributed by atoms with Gasteiger partial charge in [0.05, 0.1) is 11.1 Å². The Morgan fingerprint density at radius 3 is 2.53 bits per heavy atom. The number of benzene rings is 1. The number of hydrogen-bond donors (Lipinski definition) is 2. The van der Waals surface area contributed by atoms with Gasteiger partial charge in [0.1, 0.15) is 6.61 Å². The second-order valence-corrected chi connectivity index (χ2v) is 3.63. The van der Waals surface area contributed by atoms with E-state index in [-0.39, 0.29) is 10.6 Å². The minimum absolute atomic E-state index is 0.202. The van der Waals surface area contributed by atoms with E-state index >= 15 is 0 Å². The van der Waals surface area contributed by atoms with Gasteiger partial charge in [-0.1, -0.05) is 29.8 Å². The molecule has 1 unspecified atom stereocenters. The Morgan fingerprint density at radius 2 is 2.07 bits per heavy atom. The van der Waals surface area contributed by atoms with Crippen LogP contribution in [-0.2, 0) is 5.92 Å². The van der Waals surface area contributed by atoms with Gasteiger partial charge in [0.2, 0.25) is 0 Å². The van der Waals surface area contributed by atoms with Crippen molar-refractivity contribution in [2.24, 2.45) is 0 Å².